The topological polar surface area (TPSA) is 43.8 Å². The normalized spacial score (nSPS) is 19.2. The van der Waals surface area contributed by atoms with Gasteiger partial charge in [0, 0.05) is 32.7 Å². The predicted octanol–water partition coefficient (Wildman–Crippen LogP) is 1.67. The Morgan fingerprint density at radius 2 is 1.84 bits per heavy atom. The second-order valence-corrected chi connectivity index (χ2v) is 5.06. The van der Waals surface area contributed by atoms with Gasteiger partial charge in [-0.05, 0) is 12.0 Å². The molecule has 104 valence electrons. The summed E-state index contributed by atoms with van der Waals surface area (Å²) in [6.07, 6.45) is 0.675. The monoisotopic (exact) mass is 262 g/mol. The minimum absolute atomic E-state index is 0.320. The van der Waals surface area contributed by atoms with Crippen molar-refractivity contribution >= 4 is 5.97 Å². The predicted molar refractivity (Wildman–Crippen MR) is 75.0 cm³/mol. The highest BCUT2D eigenvalue weighted by Crippen LogP contribution is 2.12. The number of carbonyl (C=O) groups is 1. The Morgan fingerprint density at radius 3 is 2.37 bits per heavy atom. The van der Waals surface area contributed by atoms with Crippen LogP contribution in [0.4, 0.5) is 0 Å². The molecule has 1 atom stereocenters. The molecule has 1 aliphatic rings. The third-order valence-electron chi connectivity index (χ3n) is 3.77. The van der Waals surface area contributed by atoms with E-state index in [2.05, 4.69) is 34.1 Å². The minimum atomic E-state index is -0.695. The highest BCUT2D eigenvalue weighted by molar-refractivity contribution is 5.73. The van der Waals surface area contributed by atoms with Gasteiger partial charge >= 0.3 is 5.97 Å². The zero-order chi connectivity index (χ0) is 13.7. The minimum Gasteiger partial charge on any atom is -0.480 e. The van der Waals surface area contributed by atoms with Gasteiger partial charge in [-0.15, -0.1) is 0 Å². The van der Waals surface area contributed by atoms with Crippen LogP contribution < -0.4 is 0 Å². The van der Waals surface area contributed by atoms with E-state index in [1.807, 2.05) is 13.0 Å². The lowest BCUT2D eigenvalue weighted by Gasteiger charge is -2.37. The maximum atomic E-state index is 11.1. The second-order valence-electron chi connectivity index (χ2n) is 5.06. The highest BCUT2D eigenvalue weighted by atomic mass is 16.4. The van der Waals surface area contributed by atoms with Crippen molar-refractivity contribution in [3.05, 3.63) is 35.9 Å². The lowest BCUT2D eigenvalue weighted by molar-refractivity contribution is -0.144. The molecular formula is C15H22N2O2. The summed E-state index contributed by atoms with van der Waals surface area (Å²) >= 11 is 0. The van der Waals surface area contributed by atoms with Crippen LogP contribution in [-0.2, 0) is 11.3 Å². The fourth-order valence-corrected chi connectivity index (χ4v) is 2.66. The van der Waals surface area contributed by atoms with Crippen LogP contribution in [0.15, 0.2) is 30.3 Å². The first-order valence-electron chi connectivity index (χ1n) is 6.94. The SMILES string of the molecule is CC[C@H](C(=O)O)N1CCN(Cc2ccccc2)CC1. The quantitative estimate of drug-likeness (QED) is 0.876. The number of hydrogen-bond acceptors (Lipinski definition) is 3. The average Bonchev–Trinajstić information content (AvgIpc) is 2.42. The number of rotatable bonds is 5. The van der Waals surface area contributed by atoms with E-state index in [1.54, 1.807) is 0 Å². The van der Waals surface area contributed by atoms with E-state index in [0.717, 1.165) is 32.7 Å². The largest absolute Gasteiger partial charge is 0.480 e. The van der Waals surface area contributed by atoms with Crippen LogP contribution in [0.2, 0.25) is 0 Å². The molecule has 4 nitrogen and oxygen atoms in total. The van der Waals surface area contributed by atoms with Gasteiger partial charge < -0.3 is 5.11 Å². The van der Waals surface area contributed by atoms with Crippen LogP contribution in [-0.4, -0.2) is 53.1 Å². The van der Waals surface area contributed by atoms with E-state index in [-0.39, 0.29) is 6.04 Å². The van der Waals surface area contributed by atoms with Gasteiger partial charge in [-0.25, -0.2) is 0 Å². The van der Waals surface area contributed by atoms with Crippen LogP contribution in [0.5, 0.6) is 0 Å². The summed E-state index contributed by atoms with van der Waals surface area (Å²) in [5.74, 6) is -0.695. The van der Waals surface area contributed by atoms with Crippen LogP contribution in [0, 0.1) is 0 Å². The van der Waals surface area contributed by atoms with E-state index >= 15 is 0 Å². The lowest BCUT2D eigenvalue weighted by Crippen LogP contribution is -2.52. The number of benzene rings is 1. The maximum absolute atomic E-state index is 11.1. The smallest absolute Gasteiger partial charge is 0.320 e. The van der Waals surface area contributed by atoms with E-state index in [9.17, 15) is 9.90 Å². The van der Waals surface area contributed by atoms with Crippen molar-refractivity contribution in [3.8, 4) is 0 Å². The first-order valence-corrected chi connectivity index (χ1v) is 6.94. The Hall–Kier alpha value is -1.39. The van der Waals surface area contributed by atoms with E-state index < -0.39 is 5.97 Å². The molecule has 1 fully saturated rings. The molecule has 0 unspecified atom stereocenters. The lowest BCUT2D eigenvalue weighted by atomic mass is 10.1. The van der Waals surface area contributed by atoms with E-state index in [0.29, 0.717) is 6.42 Å². The molecule has 0 aromatic heterocycles. The van der Waals surface area contributed by atoms with Crippen LogP contribution in [0.1, 0.15) is 18.9 Å². The zero-order valence-electron chi connectivity index (χ0n) is 11.5. The molecule has 0 spiro atoms. The average molecular weight is 262 g/mol. The number of hydrogen-bond donors (Lipinski definition) is 1. The van der Waals surface area contributed by atoms with Crippen molar-refractivity contribution in [2.24, 2.45) is 0 Å². The number of aliphatic carboxylic acids is 1. The van der Waals surface area contributed by atoms with Crippen LogP contribution in [0.25, 0.3) is 0 Å². The highest BCUT2D eigenvalue weighted by Gasteiger charge is 2.27. The summed E-state index contributed by atoms with van der Waals surface area (Å²) in [4.78, 5) is 15.6. The molecule has 19 heavy (non-hydrogen) atoms. The van der Waals surface area contributed by atoms with Gasteiger partial charge in [-0.3, -0.25) is 14.6 Å². The molecule has 1 N–H and O–H groups in total. The van der Waals surface area contributed by atoms with E-state index in [4.69, 9.17) is 0 Å². The molecule has 0 amide bonds. The number of piperazine rings is 1. The van der Waals surface area contributed by atoms with Crippen molar-refractivity contribution in [1.82, 2.24) is 9.80 Å². The van der Waals surface area contributed by atoms with Gasteiger partial charge in [0.1, 0.15) is 6.04 Å². The Kier molecular flexibility index (Phi) is 4.93. The molecule has 1 aromatic carbocycles. The number of nitrogens with zero attached hydrogens (tertiary/aromatic N) is 2. The molecule has 0 radical (unpaired) electrons. The summed E-state index contributed by atoms with van der Waals surface area (Å²) in [6, 6.07) is 10.1. The van der Waals surface area contributed by atoms with Gasteiger partial charge in [0.05, 0.1) is 0 Å². The third kappa shape index (κ3) is 3.78. The molecule has 2 rings (SSSR count). The molecule has 1 aliphatic heterocycles. The first-order chi connectivity index (χ1) is 9.20. The molecule has 1 aromatic rings. The second kappa shape index (κ2) is 6.68. The standard InChI is InChI=1S/C15H22N2O2/c1-2-14(15(18)19)17-10-8-16(9-11-17)12-13-6-4-3-5-7-13/h3-7,14H,2,8-12H2,1H3,(H,18,19)/t14-/m1/s1. The molecule has 1 heterocycles. The number of carboxylic acids is 1. The van der Waals surface area contributed by atoms with Gasteiger partial charge in [0.15, 0.2) is 0 Å². The summed E-state index contributed by atoms with van der Waals surface area (Å²) in [6.45, 7) is 6.47. The molecule has 1 saturated heterocycles. The Morgan fingerprint density at radius 1 is 1.21 bits per heavy atom. The summed E-state index contributed by atoms with van der Waals surface area (Å²) < 4.78 is 0. The van der Waals surface area contributed by atoms with Crippen LogP contribution >= 0.6 is 0 Å². The van der Waals surface area contributed by atoms with E-state index in [1.165, 1.54) is 5.56 Å². The third-order valence-corrected chi connectivity index (χ3v) is 3.77. The van der Waals surface area contributed by atoms with Crippen molar-refractivity contribution in [1.29, 1.82) is 0 Å². The van der Waals surface area contributed by atoms with Crippen LogP contribution in [0.3, 0.4) is 0 Å². The molecule has 4 heteroatoms. The molecular weight excluding hydrogens is 240 g/mol. The zero-order valence-corrected chi connectivity index (χ0v) is 11.5. The fourth-order valence-electron chi connectivity index (χ4n) is 2.66. The molecule has 0 saturated carbocycles. The summed E-state index contributed by atoms with van der Waals surface area (Å²) in [7, 11) is 0. The number of carboxylic acid groups (broad SMARTS) is 1. The Bertz CT molecular complexity index is 400. The maximum Gasteiger partial charge on any atom is 0.320 e. The van der Waals surface area contributed by atoms with Gasteiger partial charge in [-0.2, -0.15) is 0 Å². The van der Waals surface area contributed by atoms with Crippen molar-refractivity contribution in [2.75, 3.05) is 26.2 Å². The first kappa shape index (κ1) is 14.0. The van der Waals surface area contributed by atoms with Gasteiger partial charge in [0.2, 0.25) is 0 Å². The molecule has 0 aliphatic carbocycles. The Labute approximate surface area is 114 Å². The van der Waals surface area contributed by atoms with Crippen molar-refractivity contribution in [3.63, 3.8) is 0 Å². The van der Waals surface area contributed by atoms with Crippen molar-refractivity contribution in [2.45, 2.75) is 25.9 Å². The summed E-state index contributed by atoms with van der Waals surface area (Å²) in [5, 5.41) is 9.17. The van der Waals surface area contributed by atoms with Gasteiger partial charge in [0.25, 0.3) is 0 Å². The fraction of sp³-hybridized carbons (Fsp3) is 0.533. The Balaban J connectivity index is 1.84. The summed E-state index contributed by atoms with van der Waals surface area (Å²) in [5.41, 5.74) is 1.32. The molecule has 0 bridgehead atoms. The van der Waals surface area contributed by atoms with Gasteiger partial charge in [-0.1, -0.05) is 37.3 Å². The van der Waals surface area contributed by atoms with Crippen molar-refractivity contribution < 1.29 is 9.90 Å².